The van der Waals surface area contributed by atoms with Crippen LogP contribution in [0.1, 0.15) is 56.8 Å². The van der Waals surface area contributed by atoms with E-state index in [0.717, 1.165) is 22.3 Å². The van der Waals surface area contributed by atoms with Crippen molar-refractivity contribution in [3.05, 3.63) is 105 Å². The minimum Gasteiger partial charge on any atom is -0.372 e. The molecular formula is C35H30N2O6S. The van der Waals surface area contributed by atoms with E-state index in [0.29, 0.717) is 40.0 Å². The van der Waals surface area contributed by atoms with Crippen LogP contribution < -0.4 is 9.80 Å². The summed E-state index contributed by atoms with van der Waals surface area (Å²) in [5.41, 5.74) is 6.51. The highest BCUT2D eigenvalue weighted by molar-refractivity contribution is 7.89. The Morgan fingerprint density at radius 2 is 1.16 bits per heavy atom. The summed E-state index contributed by atoms with van der Waals surface area (Å²) in [7, 11) is -1.57. The lowest BCUT2D eigenvalue weighted by molar-refractivity contribution is -0.122. The smallest absolute Gasteiger partial charge is 0.266 e. The maximum absolute atomic E-state index is 14.5. The molecule has 5 aliphatic rings. The fourth-order valence-electron chi connectivity index (χ4n) is 8.65. The number of amides is 4. The van der Waals surface area contributed by atoms with Gasteiger partial charge in [0.1, 0.15) is 0 Å². The Kier molecular flexibility index (Phi) is 5.55. The second kappa shape index (κ2) is 8.92. The van der Waals surface area contributed by atoms with Crippen LogP contribution in [0.3, 0.4) is 0 Å². The molecule has 44 heavy (non-hydrogen) atoms. The van der Waals surface area contributed by atoms with E-state index >= 15 is 0 Å². The third-order valence-electron chi connectivity index (χ3n) is 10.8. The Bertz CT molecular complexity index is 1940. The van der Waals surface area contributed by atoms with E-state index in [1.54, 1.807) is 48.5 Å². The molecule has 0 aliphatic carbocycles. The van der Waals surface area contributed by atoms with Gasteiger partial charge in [-0.05, 0) is 91.8 Å². The first-order valence-electron chi connectivity index (χ1n) is 14.8. The summed E-state index contributed by atoms with van der Waals surface area (Å²) in [6, 6.07) is 17.8. The van der Waals surface area contributed by atoms with Gasteiger partial charge in [0.25, 0.3) is 11.8 Å². The average Bonchev–Trinajstić information content (AvgIpc) is 3.55. The maximum atomic E-state index is 14.5. The van der Waals surface area contributed by atoms with E-state index in [2.05, 4.69) is 0 Å². The van der Waals surface area contributed by atoms with Crippen LogP contribution in [0, 0.1) is 25.7 Å². The van der Waals surface area contributed by atoms with Crippen molar-refractivity contribution in [1.29, 1.82) is 0 Å². The molecule has 4 amide bonds. The van der Waals surface area contributed by atoms with E-state index < -0.39 is 32.1 Å². The van der Waals surface area contributed by atoms with Crippen LogP contribution in [0.15, 0.2) is 71.8 Å². The van der Waals surface area contributed by atoms with E-state index in [-0.39, 0.29) is 36.8 Å². The number of fused-ring (bicyclic) bond motifs is 9. The number of imide groups is 2. The largest absolute Gasteiger partial charge is 0.372 e. The fourth-order valence-corrected chi connectivity index (χ4v) is 11.3. The van der Waals surface area contributed by atoms with Gasteiger partial charge in [0.15, 0.2) is 0 Å². The second-order valence-corrected chi connectivity index (χ2v) is 14.9. The number of anilines is 2. The summed E-state index contributed by atoms with van der Waals surface area (Å²) in [6.07, 6.45) is 0.356. The number of carbonyl (C=O) groups excluding carboxylic acids is 4. The number of ether oxygens (including phenoxy) is 1. The lowest BCUT2D eigenvalue weighted by atomic mass is 9.64. The molecule has 9 heteroatoms. The fraction of sp³-hybridized carbons (Fsp3) is 0.314. The van der Waals surface area contributed by atoms with Crippen molar-refractivity contribution in [1.82, 2.24) is 0 Å². The van der Waals surface area contributed by atoms with Gasteiger partial charge in [-0.25, -0.2) is 9.80 Å². The number of hydrogen-bond acceptors (Lipinski definition) is 6. The predicted molar refractivity (Wildman–Crippen MR) is 165 cm³/mol. The normalized spacial score (nSPS) is 30.4. The number of carbonyl (C=O) groups is 4. The Hall–Kier alpha value is -4.21. The standard InChI is InChI=1S/C35H30N2O6S/c1-18-22-15-24-25(17-43-16-23(22)19(2)27-26(18)30(38)36(31(27)39)20-11-7-5-8-12-20)35(4)29-28(34(24,3)44(35)42)32(40)37(33(29)41)21-13-9-6-10-14-21/h5-14,28-29H,15-17H2,1-4H3/t28?,29?,34-,35+,44?/m1/s1. The summed E-state index contributed by atoms with van der Waals surface area (Å²) < 4.78 is 18.6. The first-order valence-corrected chi connectivity index (χ1v) is 15.9. The highest BCUT2D eigenvalue weighted by Crippen LogP contribution is 2.66. The Balaban J connectivity index is 1.27. The zero-order chi connectivity index (χ0) is 30.9. The molecule has 2 saturated heterocycles. The van der Waals surface area contributed by atoms with Gasteiger partial charge in [0, 0.05) is 10.8 Å². The predicted octanol–water partition coefficient (Wildman–Crippen LogP) is 4.57. The lowest BCUT2D eigenvalue weighted by Gasteiger charge is -2.36. The van der Waals surface area contributed by atoms with Crippen molar-refractivity contribution in [2.75, 3.05) is 16.4 Å². The van der Waals surface area contributed by atoms with E-state index in [9.17, 15) is 23.4 Å². The zero-order valence-corrected chi connectivity index (χ0v) is 25.6. The highest BCUT2D eigenvalue weighted by atomic mass is 32.2. The molecule has 3 unspecified atom stereocenters. The lowest BCUT2D eigenvalue weighted by Crippen LogP contribution is -2.44. The van der Waals surface area contributed by atoms with Crippen LogP contribution in [-0.4, -0.2) is 43.9 Å². The van der Waals surface area contributed by atoms with Crippen LogP contribution >= 0.6 is 0 Å². The number of para-hydroxylation sites is 2. The molecule has 8 nitrogen and oxygen atoms in total. The van der Waals surface area contributed by atoms with Gasteiger partial charge in [-0.1, -0.05) is 36.4 Å². The molecule has 3 aromatic rings. The van der Waals surface area contributed by atoms with E-state index in [1.165, 1.54) is 9.80 Å². The topological polar surface area (TPSA) is 101 Å². The van der Waals surface area contributed by atoms with Crippen molar-refractivity contribution < 1.29 is 28.1 Å². The van der Waals surface area contributed by atoms with Crippen LogP contribution in [-0.2, 0) is 38.2 Å². The maximum Gasteiger partial charge on any atom is 0.266 e. The molecule has 5 atom stereocenters. The van der Waals surface area contributed by atoms with Crippen molar-refractivity contribution in [3.63, 3.8) is 0 Å². The zero-order valence-electron chi connectivity index (χ0n) is 24.8. The third kappa shape index (κ3) is 3.04. The summed E-state index contributed by atoms with van der Waals surface area (Å²) in [5, 5.41) is 0. The van der Waals surface area contributed by atoms with Gasteiger partial charge in [-0.2, -0.15) is 0 Å². The van der Waals surface area contributed by atoms with Crippen molar-refractivity contribution in [2.45, 2.75) is 50.2 Å². The molecule has 0 saturated carbocycles. The summed E-state index contributed by atoms with van der Waals surface area (Å²) >= 11 is 0. The number of hydrogen-bond donors (Lipinski definition) is 0. The highest BCUT2D eigenvalue weighted by Gasteiger charge is 2.78. The quantitative estimate of drug-likeness (QED) is 0.313. The van der Waals surface area contributed by atoms with Gasteiger partial charge in [-0.3, -0.25) is 23.4 Å². The monoisotopic (exact) mass is 606 g/mol. The Morgan fingerprint density at radius 1 is 0.682 bits per heavy atom. The van der Waals surface area contributed by atoms with Gasteiger partial charge < -0.3 is 4.74 Å². The van der Waals surface area contributed by atoms with Crippen molar-refractivity contribution in [2.24, 2.45) is 11.8 Å². The van der Waals surface area contributed by atoms with Crippen LogP contribution in [0.25, 0.3) is 0 Å². The number of benzene rings is 3. The Labute approximate surface area is 257 Å². The first kappa shape index (κ1) is 27.3. The SMILES string of the molecule is Cc1c2c(c(C)c3c1C(=O)N(c1ccccc1)C3=O)CC1=C(COC2)[C@@]2(C)C3C(=O)N(c4ccccc4)C(=O)C3[C@]1(C)S2=O. The molecule has 5 aliphatic heterocycles. The number of nitrogens with zero attached hydrogens (tertiary/aromatic N) is 2. The van der Waals surface area contributed by atoms with Crippen LogP contribution in [0.5, 0.6) is 0 Å². The molecule has 2 fully saturated rings. The molecule has 0 radical (unpaired) electrons. The molecule has 3 aromatic carbocycles. The first-order chi connectivity index (χ1) is 21.0. The average molecular weight is 607 g/mol. The molecular weight excluding hydrogens is 576 g/mol. The van der Waals surface area contributed by atoms with Gasteiger partial charge >= 0.3 is 0 Å². The minimum absolute atomic E-state index is 0.168. The van der Waals surface area contributed by atoms with Gasteiger partial charge in [-0.15, -0.1) is 0 Å². The minimum atomic E-state index is -1.57. The molecule has 222 valence electrons. The molecule has 0 aromatic heterocycles. The number of rotatable bonds is 2. The van der Waals surface area contributed by atoms with Crippen LogP contribution in [0.4, 0.5) is 11.4 Å². The second-order valence-electron chi connectivity index (χ2n) is 12.7. The van der Waals surface area contributed by atoms with Gasteiger partial charge in [0.2, 0.25) is 11.8 Å². The summed E-state index contributed by atoms with van der Waals surface area (Å²) in [6.45, 7) is 7.79. The Morgan fingerprint density at radius 3 is 1.70 bits per heavy atom. The molecule has 8 rings (SSSR count). The summed E-state index contributed by atoms with van der Waals surface area (Å²) in [5.74, 6) is -2.93. The molecule has 2 bridgehead atoms. The van der Waals surface area contributed by atoms with Crippen LogP contribution in [0.2, 0.25) is 0 Å². The molecule has 5 heterocycles. The van der Waals surface area contributed by atoms with Crippen molar-refractivity contribution >= 4 is 45.8 Å². The summed E-state index contributed by atoms with van der Waals surface area (Å²) in [4.78, 5) is 58.2. The molecule has 0 spiro atoms. The van der Waals surface area contributed by atoms with E-state index in [1.807, 2.05) is 39.8 Å². The van der Waals surface area contributed by atoms with Gasteiger partial charge in [0.05, 0.1) is 57.0 Å². The molecule has 0 N–H and O–H groups in total. The van der Waals surface area contributed by atoms with Crippen molar-refractivity contribution in [3.8, 4) is 0 Å². The third-order valence-corrected chi connectivity index (χ3v) is 13.3. The van der Waals surface area contributed by atoms with E-state index in [4.69, 9.17) is 4.74 Å².